The number of thiazole rings is 1. The van der Waals surface area contributed by atoms with Gasteiger partial charge < -0.3 is 9.47 Å². The summed E-state index contributed by atoms with van der Waals surface area (Å²) in [5, 5.41) is 4.40. The second-order valence-corrected chi connectivity index (χ2v) is 8.20. The molecule has 0 radical (unpaired) electrons. The van der Waals surface area contributed by atoms with E-state index in [9.17, 15) is 4.79 Å². The van der Waals surface area contributed by atoms with E-state index in [2.05, 4.69) is 10.3 Å². The first-order valence-electron chi connectivity index (χ1n) is 8.59. The second-order valence-electron chi connectivity index (χ2n) is 6.31. The van der Waals surface area contributed by atoms with E-state index in [1.807, 2.05) is 37.3 Å². The highest BCUT2D eigenvalue weighted by atomic mass is 35.5. The van der Waals surface area contributed by atoms with Crippen molar-refractivity contribution in [3.05, 3.63) is 68.6 Å². The maximum atomic E-state index is 12.6. The summed E-state index contributed by atoms with van der Waals surface area (Å²) in [5.41, 5.74) is 1.89. The Balaban J connectivity index is 1.43. The molecule has 4 rings (SSSR count). The number of aryl methyl sites for hydroxylation is 1. The molecule has 1 aliphatic heterocycles. The molecular weight excluding hydrogens is 419 g/mol. The summed E-state index contributed by atoms with van der Waals surface area (Å²) in [6.45, 7) is 2.07. The Bertz CT molecular complexity index is 1040. The van der Waals surface area contributed by atoms with Gasteiger partial charge in [0.15, 0.2) is 16.6 Å². The highest BCUT2D eigenvalue weighted by molar-refractivity contribution is 7.15. The van der Waals surface area contributed by atoms with Gasteiger partial charge in [-0.25, -0.2) is 4.98 Å². The lowest BCUT2D eigenvalue weighted by Crippen LogP contribution is -2.40. The van der Waals surface area contributed by atoms with Crippen LogP contribution in [0.3, 0.4) is 0 Å². The molecule has 1 amide bonds. The minimum absolute atomic E-state index is 0.156. The number of carbonyl (C=O) groups excluding carboxylic acids is 1. The standard InChI is InChI=1S/C20H16Cl2N2O3S/c1-11-18(9-12-6-7-13(21)14(22)8-12)28-20(23-11)24-19(25)17-10-26-15-4-2-3-5-16(15)27-17/h2-8,17H,9-10H2,1H3,(H,23,24,25). The molecule has 144 valence electrons. The summed E-state index contributed by atoms with van der Waals surface area (Å²) >= 11 is 13.5. The number of fused-ring (bicyclic) bond motifs is 1. The molecule has 2 heterocycles. The van der Waals surface area contributed by atoms with Crippen LogP contribution in [0.1, 0.15) is 16.1 Å². The van der Waals surface area contributed by atoms with Gasteiger partial charge in [0, 0.05) is 11.3 Å². The van der Waals surface area contributed by atoms with E-state index in [4.69, 9.17) is 32.7 Å². The topological polar surface area (TPSA) is 60.5 Å². The number of halogens is 2. The molecule has 0 aliphatic carbocycles. The fourth-order valence-electron chi connectivity index (χ4n) is 2.82. The molecule has 1 unspecified atom stereocenters. The molecule has 0 saturated heterocycles. The Kier molecular flexibility index (Phi) is 5.44. The zero-order valence-corrected chi connectivity index (χ0v) is 17.2. The largest absolute Gasteiger partial charge is 0.485 e. The van der Waals surface area contributed by atoms with Crippen LogP contribution in [0.15, 0.2) is 42.5 Å². The van der Waals surface area contributed by atoms with Crippen LogP contribution in [-0.4, -0.2) is 23.6 Å². The predicted octanol–water partition coefficient (Wildman–Crippen LogP) is 5.13. The third-order valence-electron chi connectivity index (χ3n) is 4.27. The van der Waals surface area contributed by atoms with Crippen LogP contribution >= 0.6 is 34.5 Å². The van der Waals surface area contributed by atoms with Gasteiger partial charge in [0.1, 0.15) is 6.61 Å². The van der Waals surface area contributed by atoms with Gasteiger partial charge >= 0.3 is 0 Å². The first-order chi connectivity index (χ1) is 13.5. The number of benzene rings is 2. The summed E-state index contributed by atoms with van der Waals surface area (Å²) in [7, 11) is 0. The average molecular weight is 435 g/mol. The van der Waals surface area contributed by atoms with Crippen LogP contribution in [0, 0.1) is 6.92 Å². The van der Waals surface area contributed by atoms with E-state index in [1.54, 1.807) is 12.1 Å². The first-order valence-corrected chi connectivity index (χ1v) is 10.2. The van der Waals surface area contributed by atoms with E-state index in [1.165, 1.54) is 11.3 Å². The van der Waals surface area contributed by atoms with Crippen molar-refractivity contribution in [2.45, 2.75) is 19.4 Å². The molecule has 1 N–H and O–H groups in total. The Labute approximate surface area is 176 Å². The van der Waals surface area contributed by atoms with Crippen molar-refractivity contribution in [2.24, 2.45) is 0 Å². The molecule has 1 aromatic heterocycles. The van der Waals surface area contributed by atoms with Crippen LogP contribution in [0.5, 0.6) is 11.5 Å². The smallest absolute Gasteiger partial charge is 0.270 e. The Morgan fingerprint density at radius 2 is 2.00 bits per heavy atom. The first kappa shape index (κ1) is 19.1. The van der Waals surface area contributed by atoms with Gasteiger partial charge in [0.25, 0.3) is 5.91 Å². The van der Waals surface area contributed by atoms with Crippen LogP contribution in [0.25, 0.3) is 0 Å². The minimum Gasteiger partial charge on any atom is -0.485 e. The molecule has 5 nitrogen and oxygen atoms in total. The summed E-state index contributed by atoms with van der Waals surface area (Å²) < 4.78 is 11.3. The predicted molar refractivity (Wildman–Crippen MR) is 111 cm³/mol. The average Bonchev–Trinajstić information content (AvgIpc) is 3.03. The number of carbonyl (C=O) groups is 1. The third kappa shape index (κ3) is 4.09. The van der Waals surface area contributed by atoms with E-state index < -0.39 is 6.10 Å². The maximum absolute atomic E-state index is 12.6. The monoisotopic (exact) mass is 434 g/mol. The number of para-hydroxylation sites is 2. The number of anilines is 1. The Morgan fingerprint density at radius 1 is 1.21 bits per heavy atom. The Hall–Kier alpha value is -2.28. The normalized spacial score (nSPS) is 15.3. The number of aromatic nitrogens is 1. The molecule has 0 spiro atoms. The highest BCUT2D eigenvalue weighted by Gasteiger charge is 2.28. The molecule has 3 aromatic rings. The second kappa shape index (κ2) is 7.99. The van der Waals surface area contributed by atoms with Crippen molar-refractivity contribution in [1.82, 2.24) is 4.98 Å². The van der Waals surface area contributed by atoms with E-state index in [-0.39, 0.29) is 12.5 Å². The maximum Gasteiger partial charge on any atom is 0.270 e. The van der Waals surface area contributed by atoms with Gasteiger partial charge in [0.05, 0.1) is 15.7 Å². The van der Waals surface area contributed by atoms with Crippen LogP contribution in [0.2, 0.25) is 10.0 Å². The van der Waals surface area contributed by atoms with Crippen LogP contribution < -0.4 is 14.8 Å². The minimum atomic E-state index is -0.724. The molecule has 8 heteroatoms. The fourth-order valence-corrected chi connectivity index (χ4v) is 4.14. The van der Waals surface area contributed by atoms with Gasteiger partial charge in [-0.3, -0.25) is 10.1 Å². The lowest BCUT2D eigenvalue weighted by molar-refractivity contribution is -0.125. The fraction of sp³-hybridized carbons (Fsp3) is 0.200. The number of hydrogen-bond acceptors (Lipinski definition) is 5. The molecule has 28 heavy (non-hydrogen) atoms. The molecule has 0 fully saturated rings. The van der Waals surface area contributed by atoms with Crippen molar-refractivity contribution < 1.29 is 14.3 Å². The lowest BCUT2D eigenvalue weighted by atomic mass is 10.1. The number of rotatable bonds is 4. The van der Waals surface area contributed by atoms with Gasteiger partial charge in [0.2, 0.25) is 6.10 Å². The Morgan fingerprint density at radius 3 is 2.79 bits per heavy atom. The zero-order chi connectivity index (χ0) is 19.7. The summed E-state index contributed by atoms with van der Waals surface area (Å²) in [5.74, 6) is 0.912. The molecule has 1 atom stereocenters. The number of ether oxygens (including phenoxy) is 2. The number of nitrogens with zero attached hydrogens (tertiary/aromatic N) is 1. The third-order valence-corrected chi connectivity index (χ3v) is 6.08. The van der Waals surface area contributed by atoms with Gasteiger partial charge in [-0.2, -0.15) is 0 Å². The lowest BCUT2D eigenvalue weighted by Gasteiger charge is -2.25. The number of amides is 1. The molecular formula is C20H16Cl2N2O3S. The van der Waals surface area contributed by atoms with Crippen molar-refractivity contribution >= 4 is 45.6 Å². The summed E-state index contributed by atoms with van der Waals surface area (Å²) in [6.07, 6.45) is -0.0650. The van der Waals surface area contributed by atoms with E-state index >= 15 is 0 Å². The van der Waals surface area contributed by atoms with Gasteiger partial charge in [-0.15, -0.1) is 11.3 Å². The van der Waals surface area contributed by atoms with Crippen LogP contribution in [0.4, 0.5) is 5.13 Å². The van der Waals surface area contributed by atoms with Gasteiger partial charge in [-0.05, 0) is 36.8 Å². The number of hydrogen-bond donors (Lipinski definition) is 1. The molecule has 2 aromatic carbocycles. The molecule has 0 bridgehead atoms. The zero-order valence-electron chi connectivity index (χ0n) is 14.9. The van der Waals surface area contributed by atoms with Gasteiger partial charge in [-0.1, -0.05) is 41.4 Å². The van der Waals surface area contributed by atoms with Crippen molar-refractivity contribution in [3.63, 3.8) is 0 Å². The van der Waals surface area contributed by atoms with Crippen LogP contribution in [-0.2, 0) is 11.2 Å². The van der Waals surface area contributed by atoms with Crippen molar-refractivity contribution in [2.75, 3.05) is 11.9 Å². The quantitative estimate of drug-likeness (QED) is 0.618. The summed E-state index contributed by atoms with van der Waals surface area (Å²) in [6, 6.07) is 12.8. The van der Waals surface area contributed by atoms with E-state index in [0.717, 1.165) is 16.1 Å². The molecule has 0 saturated carbocycles. The molecule has 1 aliphatic rings. The highest BCUT2D eigenvalue weighted by Crippen LogP contribution is 2.32. The number of nitrogens with one attached hydrogen (secondary N) is 1. The SMILES string of the molecule is Cc1nc(NC(=O)C2COc3ccccc3O2)sc1Cc1ccc(Cl)c(Cl)c1. The summed E-state index contributed by atoms with van der Waals surface area (Å²) in [4.78, 5) is 18.1. The van der Waals surface area contributed by atoms with Crippen molar-refractivity contribution in [3.8, 4) is 11.5 Å². The van der Waals surface area contributed by atoms with E-state index in [0.29, 0.717) is 33.1 Å². The van der Waals surface area contributed by atoms with Crippen molar-refractivity contribution in [1.29, 1.82) is 0 Å².